The van der Waals surface area contributed by atoms with E-state index in [0.29, 0.717) is 31.1 Å². The maximum atomic E-state index is 13.0. The number of hydrogen-bond acceptors (Lipinski definition) is 6. The van der Waals surface area contributed by atoms with E-state index in [1.54, 1.807) is 22.8 Å². The highest BCUT2D eigenvalue weighted by Gasteiger charge is 2.29. The van der Waals surface area contributed by atoms with Crippen LogP contribution in [0.4, 0.5) is 5.82 Å². The van der Waals surface area contributed by atoms with Crippen LogP contribution >= 0.6 is 0 Å². The Bertz CT molecular complexity index is 1180. The number of piperazine rings is 1. The van der Waals surface area contributed by atoms with Crippen LogP contribution in [0.25, 0.3) is 5.82 Å². The third-order valence-electron chi connectivity index (χ3n) is 5.82. The first-order chi connectivity index (χ1) is 14.3. The van der Waals surface area contributed by atoms with Gasteiger partial charge in [0.15, 0.2) is 0 Å². The predicted octanol–water partition coefficient (Wildman–Crippen LogP) is 2.41. The molecule has 0 unspecified atom stereocenters. The van der Waals surface area contributed by atoms with E-state index in [0.717, 1.165) is 34.2 Å². The summed E-state index contributed by atoms with van der Waals surface area (Å²) in [6, 6.07) is 7.22. The molecular weight excluding hydrogens is 400 g/mol. The molecule has 1 aromatic carbocycles. The largest absolute Gasteiger partial charge is 0.354 e. The minimum Gasteiger partial charge on any atom is -0.354 e. The molecule has 3 aromatic rings. The second-order valence-electron chi connectivity index (χ2n) is 7.66. The standard InChI is InChI=1S/C21H26N6O2S/c1-15-5-6-19(11-16(15)2)30(28,29)26-9-7-25(8-10-26)20-12-21(23-13-22-20)27-14-24-17(3)18(27)4/h5-6,11-14H,7-10H2,1-4H3. The van der Waals surface area contributed by atoms with Gasteiger partial charge < -0.3 is 4.90 Å². The van der Waals surface area contributed by atoms with Crippen molar-refractivity contribution in [2.45, 2.75) is 32.6 Å². The topological polar surface area (TPSA) is 84.2 Å². The van der Waals surface area contributed by atoms with Gasteiger partial charge in [0, 0.05) is 37.9 Å². The fourth-order valence-electron chi connectivity index (χ4n) is 3.55. The molecule has 3 heterocycles. The van der Waals surface area contributed by atoms with Crippen molar-refractivity contribution in [1.82, 2.24) is 23.8 Å². The quantitative estimate of drug-likeness (QED) is 0.637. The molecule has 0 spiro atoms. The number of nitrogens with zero attached hydrogens (tertiary/aromatic N) is 6. The van der Waals surface area contributed by atoms with E-state index >= 15 is 0 Å². The first-order valence-electron chi connectivity index (χ1n) is 9.92. The van der Waals surface area contributed by atoms with Gasteiger partial charge in [-0.2, -0.15) is 4.31 Å². The highest BCUT2D eigenvalue weighted by atomic mass is 32.2. The van der Waals surface area contributed by atoms with Gasteiger partial charge in [-0.25, -0.2) is 23.4 Å². The van der Waals surface area contributed by atoms with E-state index in [1.165, 1.54) is 6.33 Å². The molecule has 1 saturated heterocycles. The van der Waals surface area contributed by atoms with E-state index in [2.05, 4.69) is 19.9 Å². The number of aromatic nitrogens is 4. The highest BCUT2D eigenvalue weighted by Crippen LogP contribution is 2.23. The number of sulfonamides is 1. The Morgan fingerprint density at radius 3 is 2.17 bits per heavy atom. The third kappa shape index (κ3) is 3.70. The Labute approximate surface area is 177 Å². The maximum Gasteiger partial charge on any atom is 0.243 e. The predicted molar refractivity (Wildman–Crippen MR) is 116 cm³/mol. The lowest BCUT2D eigenvalue weighted by molar-refractivity contribution is 0.383. The van der Waals surface area contributed by atoms with Gasteiger partial charge in [-0.15, -0.1) is 0 Å². The summed E-state index contributed by atoms with van der Waals surface area (Å²) in [6.45, 7) is 9.85. The van der Waals surface area contributed by atoms with Crippen LogP contribution in [0.2, 0.25) is 0 Å². The van der Waals surface area contributed by atoms with Gasteiger partial charge in [-0.05, 0) is 51.0 Å². The van der Waals surface area contributed by atoms with Crippen LogP contribution in [0.1, 0.15) is 22.5 Å². The first kappa shape index (κ1) is 20.5. The molecule has 8 nitrogen and oxygen atoms in total. The summed E-state index contributed by atoms with van der Waals surface area (Å²) < 4.78 is 29.6. The lowest BCUT2D eigenvalue weighted by atomic mass is 10.1. The number of imidazole rings is 1. The van der Waals surface area contributed by atoms with Crippen LogP contribution in [0.3, 0.4) is 0 Å². The molecule has 9 heteroatoms. The Balaban J connectivity index is 1.50. The van der Waals surface area contributed by atoms with Crippen LogP contribution in [-0.4, -0.2) is 58.4 Å². The zero-order chi connectivity index (χ0) is 21.5. The summed E-state index contributed by atoms with van der Waals surface area (Å²) in [4.78, 5) is 15.5. The normalized spacial score (nSPS) is 15.5. The van der Waals surface area contributed by atoms with E-state index in [-0.39, 0.29) is 0 Å². The van der Waals surface area contributed by atoms with Gasteiger partial charge in [0.05, 0.1) is 10.6 Å². The molecule has 0 radical (unpaired) electrons. The molecule has 0 atom stereocenters. The molecule has 1 aliphatic rings. The molecule has 2 aromatic heterocycles. The summed E-state index contributed by atoms with van der Waals surface area (Å²) in [6.07, 6.45) is 3.29. The van der Waals surface area contributed by atoms with Crippen molar-refractivity contribution in [2.75, 3.05) is 31.1 Å². The van der Waals surface area contributed by atoms with Gasteiger partial charge in [0.1, 0.15) is 24.3 Å². The molecule has 158 valence electrons. The van der Waals surface area contributed by atoms with Gasteiger partial charge in [-0.1, -0.05) is 6.07 Å². The molecule has 0 amide bonds. The smallest absolute Gasteiger partial charge is 0.243 e. The summed E-state index contributed by atoms with van der Waals surface area (Å²) in [5.41, 5.74) is 4.05. The lowest BCUT2D eigenvalue weighted by Crippen LogP contribution is -2.49. The molecule has 0 saturated carbocycles. The van der Waals surface area contributed by atoms with E-state index < -0.39 is 10.0 Å². The minimum absolute atomic E-state index is 0.356. The number of rotatable bonds is 4. The number of benzene rings is 1. The van der Waals surface area contributed by atoms with Crippen molar-refractivity contribution in [1.29, 1.82) is 0 Å². The Morgan fingerprint density at radius 2 is 1.53 bits per heavy atom. The van der Waals surface area contributed by atoms with Gasteiger partial charge in [-0.3, -0.25) is 4.57 Å². The van der Waals surface area contributed by atoms with Crippen molar-refractivity contribution in [2.24, 2.45) is 0 Å². The Hall–Kier alpha value is -2.78. The zero-order valence-corrected chi connectivity index (χ0v) is 18.5. The highest BCUT2D eigenvalue weighted by molar-refractivity contribution is 7.89. The SMILES string of the molecule is Cc1ccc(S(=O)(=O)N2CCN(c3cc(-n4cnc(C)c4C)ncn3)CC2)cc1C. The molecule has 0 bridgehead atoms. The fraction of sp³-hybridized carbons (Fsp3) is 0.381. The number of hydrogen-bond donors (Lipinski definition) is 0. The van der Waals surface area contributed by atoms with Crippen molar-refractivity contribution in [3.63, 3.8) is 0 Å². The van der Waals surface area contributed by atoms with Crippen molar-refractivity contribution >= 4 is 15.8 Å². The molecule has 1 fully saturated rings. The van der Waals surface area contributed by atoms with E-state index in [9.17, 15) is 8.42 Å². The summed E-state index contributed by atoms with van der Waals surface area (Å²) in [5, 5.41) is 0. The summed E-state index contributed by atoms with van der Waals surface area (Å²) in [5.74, 6) is 1.54. The van der Waals surface area contributed by atoms with Crippen LogP contribution in [0.15, 0.2) is 41.8 Å². The average molecular weight is 427 g/mol. The minimum atomic E-state index is -3.50. The zero-order valence-electron chi connectivity index (χ0n) is 17.7. The molecule has 4 rings (SSSR count). The lowest BCUT2D eigenvalue weighted by Gasteiger charge is -2.34. The Kier molecular flexibility index (Phi) is 5.33. The van der Waals surface area contributed by atoms with Gasteiger partial charge in [0.25, 0.3) is 0 Å². The Morgan fingerprint density at radius 1 is 0.833 bits per heavy atom. The van der Waals surface area contributed by atoms with Crippen LogP contribution < -0.4 is 4.90 Å². The molecule has 1 aliphatic heterocycles. The van der Waals surface area contributed by atoms with Crippen molar-refractivity contribution in [3.8, 4) is 5.82 Å². The van der Waals surface area contributed by atoms with Crippen molar-refractivity contribution < 1.29 is 8.42 Å². The average Bonchev–Trinajstić information content (AvgIpc) is 3.08. The summed E-state index contributed by atoms with van der Waals surface area (Å²) >= 11 is 0. The first-order valence-corrected chi connectivity index (χ1v) is 11.4. The van der Waals surface area contributed by atoms with E-state index in [4.69, 9.17) is 0 Å². The van der Waals surface area contributed by atoms with Crippen molar-refractivity contribution in [3.05, 3.63) is 59.4 Å². The number of aryl methyl sites for hydroxylation is 3. The maximum absolute atomic E-state index is 13.0. The van der Waals surface area contributed by atoms with Crippen LogP contribution in [0.5, 0.6) is 0 Å². The second-order valence-corrected chi connectivity index (χ2v) is 9.59. The van der Waals surface area contributed by atoms with Crippen LogP contribution in [-0.2, 0) is 10.0 Å². The van der Waals surface area contributed by atoms with Gasteiger partial charge >= 0.3 is 0 Å². The second kappa shape index (κ2) is 7.81. The number of anilines is 1. The molecule has 0 aliphatic carbocycles. The summed E-state index contributed by atoms with van der Waals surface area (Å²) in [7, 11) is -3.50. The molecule has 30 heavy (non-hydrogen) atoms. The fourth-order valence-corrected chi connectivity index (χ4v) is 5.06. The third-order valence-corrected chi connectivity index (χ3v) is 7.71. The molecule has 0 N–H and O–H groups in total. The monoisotopic (exact) mass is 426 g/mol. The van der Waals surface area contributed by atoms with Gasteiger partial charge in [0.2, 0.25) is 10.0 Å². The van der Waals surface area contributed by atoms with E-state index in [1.807, 2.05) is 44.4 Å². The molecular formula is C21H26N6O2S. The van der Waals surface area contributed by atoms with Crippen LogP contribution in [0, 0.1) is 27.7 Å².